The molecule has 3 heteroatoms. The predicted molar refractivity (Wildman–Crippen MR) is 51.7 cm³/mol. The fraction of sp³-hybridized carbons (Fsp3) is 0. The second-order valence-corrected chi connectivity index (χ2v) is 4.12. The van der Waals surface area contributed by atoms with Gasteiger partial charge >= 0.3 is 74.9 Å². The fourth-order valence-corrected chi connectivity index (χ4v) is 2.08. The summed E-state index contributed by atoms with van der Waals surface area (Å²) in [6.45, 7) is 0. The van der Waals surface area contributed by atoms with Crippen molar-refractivity contribution in [2.24, 2.45) is 0 Å². The van der Waals surface area contributed by atoms with Gasteiger partial charge in [-0.05, 0) is 0 Å². The van der Waals surface area contributed by atoms with Gasteiger partial charge in [0.05, 0.1) is 0 Å². The SMILES string of the molecule is Br.[Zn][c]1cncc2ccccc12. The Kier molecular flexibility index (Phi) is 3.36. The van der Waals surface area contributed by atoms with Gasteiger partial charge in [0.2, 0.25) is 0 Å². The molecule has 2 rings (SSSR count). The summed E-state index contributed by atoms with van der Waals surface area (Å²) in [7, 11) is 0. The van der Waals surface area contributed by atoms with Crippen molar-refractivity contribution in [1.82, 2.24) is 4.98 Å². The summed E-state index contributed by atoms with van der Waals surface area (Å²) in [5, 5.41) is 2.60. The molecule has 2 aromatic rings. The Balaban J connectivity index is 0.000000720. The first-order valence-corrected chi connectivity index (χ1v) is 5.01. The van der Waals surface area contributed by atoms with E-state index in [4.69, 9.17) is 0 Å². The summed E-state index contributed by atoms with van der Waals surface area (Å²) in [4.78, 5) is 4.14. The molecule has 0 spiro atoms. The van der Waals surface area contributed by atoms with E-state index < -0.39 is 0 Å². The zero-order valence-corrected chi connectivity index (χ0v) is 11.2. The molecule has 57 valence electrons. The molecule has 1 aromatic carbocycles. The number of halogens is 1. The van der Waals surface area contributed by atoms with E-state index in [1.807, 2.05) is 18.5 Å². The predicted octanol–water partition coefficient (Wildman–Crippen LogP) is 1.98. The van der Waals surface area contributed by atoms with Crippen molar-refractivity contribution >= 4 is 31.9 Å². The molecule has 12 heavy (non-hydrogen) atoms. The van der Waals surface area contributed by atoms with Crippen molar-refractivity contribution in [3.8, 4) is 0 Å². The second kappa shape index (κ2) is 4.11. The van der Waals surface area contributed by atoms with Crippen molar-refractivity contribution in [2.75, 3.05) is 0 Å². The molecular weight excluding hydrogens is 267 g/mol. The third-order valence-corrected chi connectivity index (χ3v) is 2.93. The van der Waals surface area contributed by atoms with Crippen LogP contribution in [-0.4, -0.2) is 4.98 Å². The zero-order valence-electron chi connectivity index (χ0n) is 6.53. The van der Waals surface area contributed by atoms with Gasteiger partial charge in [0.15, 0.2) is 0 Å². The number of rotatable bonds is 0. The van der Waals surface area contributed by atoms with Crippen LogP contribution >= 0.6 is 17.0 Å². The number of hydrogen-bond acceptors (Lipinski definition) is 1. The van der Waals surface area contributed by atoms with Crippen molar-refractivity contribution < 1.29 is 18.3 Å². The minimum atomic E-state index is 0. The van der Waals surface area contributed by atoms with Gasteiger partial charge in [-0.1, -0.05) is 0 Å². The van der Waals surface area contributed by atoms with Gasteiger partial charge in [0, 0.05) is 0 Å². The number of fused-ring (bicyclic) bond motifs is 1. The molecule has 1 aromatic heterocycles. The molecule has 0 aliphatic heterocycles. The van der Waals surface area contributed by atoms with Gasteiger partial charge in [-0.15, -0.1) is 17.0 Å². The van der Waals surface area contributed by atoms with E-state index in [2.05, 4.69) is 23.2 Å². The Morgan fingerprint density at radius 3 is 2.58 bits per heavy atom. The van der Waals surface area contributed by atoms with E-state index in [9.17, 15) is 0 Å². The van der Waals surface area contributed by atoms with E-state index >= 15 is 0 Å². The van der Waals surface area contributed by atoms with Crippen LogP contribution in [0, 0.1) is 0 Å². The summed E-state index contributed by atoms with van der Waals surface area (Å²) in [5.74, 6) is 0. The van der Waals surface area contributed by atoms with E-state index in [0.29, 0.717) is 0 Å². The van der Waals surface area contributed by atoms with Crippen molar-refractivity contribution in [3.63, 3.8) is 0 Å². The average molecular weight is 274 g/mol. The topological polar surface area (TPSA) is 12.9 Å². The van der Waals surface area contributed by atoms with Crippen LogP contribution < -0.4 is 4.16 Å². The maximum atomic E-state index is 4.14. The number of pyridine rings is 1. The van der Waals surface area contributed by atoms with Crippen LogP contribution in [0.1, 0.15) is 0 Å². The van der Waals surface area contributed by atoms with Crippen LogP contribution in [0.25, 0.3) is 10.8 Å². The zero-order chi connectivity index (χ0) is 7.68. The molecule has 0 aliphatic rings. The fourth-order valence-electron chi connectivity index (χ4n) is 1.18. The first kappa shape index (κ1) is 9.82. The van der Waals surface area contributed by atoms with Gasteiger partial charge < -0.3 is 0 Å². The first-order valence-electron chi connectivity index (χ1n) is 3.52. The summed E-state index contributed by atoms with van der Waals surface area (Å²) < 4.78 is 1.36. The van der Waals surface area contributed by atoms with Crippen molar-refractivity contribution in [3.05, 3.63) is 36.7 Å². The normalized spacial score (nSPS) is 9.50. The Morgan fingerprint density at radius 1 is 1.08 bits per heavy atom. The van der Waals surface area contributed by atoms with Gasteiger partial charge in [0.25, 0.3) is 0 Å². The van der Waals surface area contributed by atoms with Crippen LogP contribution in [-0.2, 0) is 18.3 Å². The Labute approximate surface area is 91.6 Å². The Morgan fingerprint density at radius 2 is 1.83 bits per heavy atom. The summed E-state index contributed by atoms with van der Waals surface area (Å²) in [6.07, 6.45) is 3.86. The van der Waals surface area contributed by atoms with E-state index in [1.54, 1.807) is 0 Å². The third-order valence-electron chi connectivity index (χ3n) is 1.75. The minimum absolute atomic E-state index is 0. The van der Waals surface area contributed by atoms with Gasteiger partial charge in [-0.25, -0.2) is 0 Å². The quantitative estimate of drug-likeness (QED) is 0.670. The summed E-state index contributed by atoms with van der Waals surface area (Å²) in [6, 6.07) is 8.36. The van der Waals surface area contributed by atoms with E-state index in [-0.39, 0.29) is 17.0 Å². The number of benzene rings is 1. The van der Waals surface area contributed by atoms with Gasteiger partial charge in [-0.2, -0.15) is 0 Å². The van der Waals surface area contributed by atoms with E-state index in [1.165, 1.54) is 33.2 Å². The number of nitrogens with zero attached hydrogens (tertiary/aromatic N) is 1. The molecule has 0 bridgehead atoms. The van der Waals surface area contributed by atoms with Crippen LogP contribution in [0.4, 0.5) is 0 Å². The number of aromatic nitrogens is 1. The second-order valence-electron chi connectivity index (χ2n) is 2.52. The Hall–Kier alpha value is -0.267. The molecule has 0 saturated heterocycles. The van der Waals surface area contributed by atoms with Crippen LogP contribution in [0.5, 0.6) is 0 Å². The molecule has 1 nitrogen and oxygen atoms in total. The van der Waals surface area contributed by atoms with Crippen molar-refractivity contribution in [2.45, 2.75) is 0 Å². The molecule has 0 fully saturated rings. The molecule has 0 atom stereocenters. The molecule has 1 heterocycles. The maximum absolute atomic E-state index is 4.14. The standard InChI is InChI=1S/C9H6N.BrH.Zn/c1-2-4-9-7-10-6-5-8(9)3-1;;/h1-4,6-7H;1H;. The van der Waals surface area contributed by atoms with Crippen LogP contribution in [0.15, 0.2) is 36.7 Å². The number of hydrogen-bond donors (Lipinski definition) is 0. The monoisotopic (exact) mass is 272 g/mol. The van der Waals surface area contributed by atoms with Gasteiger partial charge in [0.1, 0.15) is 0 Å². The summed E-state index contributed by atoms with van der Waals surface area (Å²) in [5.41, 5.74) is 0. The third kappa shape index (κ3) is 1.73. The van der Waals surface area contributed by atoms with Crippen molar-refractivity contribution in [1.29, 1.82) is 0 Å². The average Bonchev–Trinajstić information content (AvgIpc) is 2.06. The molecule has 0 amide bonds. The van der Waals surface area contributed by atoms with Crippen LogP contribution in [0.3, 0.4) is 0 Å². The van der Waals surface area contributed by atoms with Crippen LogP contribution in [0.2, 0.25) is 0 Å². The molecule has 0 unspecified atom stereocenters. The first-order chi connectivity index (χ1) is 5.38. The molecule has 0 saturated carbocycles. The molecule has 0 aliphatic carbocycles. The Bertz CT molecular complexity index is 384. The molecule has 0 N–H and O–H groups in total. The van der Waals surface area contributed by atoms with E-state index in [0.717, 1.165) is 0 Å². The molecular formula is C9H7BrNZn. The van der Waals surface area contributed by atoms with Gasteiger partial charge in [-0.3, -0.25) is 0 Å². The molecule has 0 radical (unpaired) electrons. The summed E-state index contributed by atoms with van der Waals surface area (Å²) >= 11 is 1.17.